The minimum atomic E-state index is -0.110. The van der Waals surface area contributed by atoms with Crippen LogP contribution in [0.25, 0.3) is 10.9 Å². The van der Waals surface area contributed by atoms with Crippen molar-refractivity contribution in [2.45, 2.75) is 33.2 Å². The molecule has 3 amide bonds. The maximum absolute atomic E-state index is 12.3. The van der Waals surface area contributed by atoms with Crippen molar-refractivity contribution in [1.29, 1.82) is 0 Å². The van der Waals surface area contributed by atoms with Gasteiger partial charge in [-0.25, -0.2) is 4.79 Å². The van der Waals surface area contributed by atoms with Crippen molar-refractivity contribution in [1.82, 2.24) is 20.5 Å². The lowest BCUT2D eigenvalue weighted by Gasteiger charge is -2.27. The van der Waals surface area contributed by atoms with Gasteiger partial charge in [0.1, 0.15) is 0 Å². The summed E-state index contributed by atoms with van der Waals surface area (Å²) in [6.07, 6.45) is 1.16. The Morgan fingerprint density at radius 3 is 2.84 bits per heavy atom. The van der Waals surface area contributed by atoms with Crippen LogP contribution in [0.5, 0.6) is 0 Å². The van der Waals surface area contributed by atoms with E-state index in [0.717, 1.165) is 17.6 Å². The number of hydrogen-bond donors (Lipinski definition) is 3. The molecule has 2 aromatic rings. The molecule has 1 aromatic carbocycles. The average Bonchev–Trinajstić information content (AvgIpc) is 2.97. The van der Waals surface area contributed by atoms with E-state index in [4.69, 9.17) is 0 Å². The normalized spacial score (nSPS) is 13.8. The third-order valence-electron chi connectivity index (χ3n) is 4.51. The molecule has 0 saturated heterocycles. The van der Waals surface area contributed by atoms with Gasteiger partial charge in [-0.05, 0) is 24.0 Å². The Morgan fingerprint density at radius 2 is 2.04 bits per heavy atom. The molecule has 1 aliphatic rings. The van der Waals surface area contributed by atoms with E-state index in [9.17, 15) is 9.59 Å². The van der Waals surface area contributed by atoms with E-state index in [-0.39, 0.29) is 11.9 Å². The molecule has 25 heavy (non-hydrogen) atoms. The van der Waals surface area contributed by atoms with Crippen LogP contribution >= 0.6 is 0 Å². The number of H-pyrrole nitrogens is 1. The Kier molecular flexibility index (Phi) is 5.26. The first-order chi connectivity index (χ1) is 12.0. The highest BCUT2D eigenvalue weighted by Crippen LogP contribution is 2.27. The van der Waals surface area contributed by atoms with E-state index in [0.29, 0.717) is 38.5 Å². The highest BCUT2D eigenvalue weighted by atomic mass is 16.2. The molecule has 0 spiro atoms. The lowest BCUT2D eigenvalue weighted by Crippen LogP contribution is -2.43. The molecule has 134 valence electrons. The molecule has 0 unspecified atom stereocenters. The quantitative estimate of drug-likeness (QED) is 0.780. The summed E-state index contributed by atoms with van der Waals surface area (Å²) >= 11 is 0. The number of nitrogens with zero attached hydrogens (tertiary/aromatic N) is 1. The second kappa shape index (κ2) is 7.59. The van der Waals surface area contributed by atoms with Crippen LogP contribution in [0.4, 0.5) is 4.79 Å². The number of benzene rings is 1. The van der Waals surface area contributed by atoms with Gasteiger partial charge in [-0.1, -0.05) is 32.0 Å². The van der Waals surface area contributed by atoms with E-state index >= 15 is 0 Å². The Hall–Kier alpha value is -2.50. The molecule has 3 rings (SSSR count). The summed E-state index contributed by atoms with van der Waals surface area (Å²) in [6, 6.07) is 8.13. The third-order valence-corrected chi connectivity index (χ3v) is 4.51. The number of aromatic nitrogens is 1. The number of rotatable bonds is 5. The summed E-state index contributed by atoms with van der Waals surface area (Å²) in [5.41, 5.74) is 3.54. The van der Waals surface area contributed by atoms with Crippen molar-refractivity contribution in [3.8, 4) is 0 Å². The minimum Gasteiger partial charge on any atom is -0.357 e. The fraction of sp³-hybridized carbons (Fsp3) is 0.474. The molecule has 0 radical (unpaired) electrons. The summed E-state index contributed by atoms with van der Waals surface area (Å²) in [4.78, 5) is 29.2. The zero-order chi connectivity index (χ0) is 17.8. The number of carbonyl (C=O) groups excluding carboxylic acids is 2. The molecular weight excluding hydrogens is 316 g/mol. The molecule has 0 bridgehead atoms. The van der Waals surface area contributed by atoms with Gasteiger partial charge in [-0.3, -0.25) is 4.79 Å². The fourth-order valence-electron chi connectivity index (χ4n) is 3.17. The second-order valence-corrected chi connectivity index (χ2v) is 6.98. The van der Waals surface area contributed by atoms with Crippen LogP contribution in [0.3, 0.4) is 0 Å². The number of para-hydroxylation sites is 1. The van der Waals surface area contributed by atoms with Gasteiger partial charge in [0.15, 0.2) is 0 Å². The van der Waals surface area contributed by atoms with Crippen LogP contribution in [-0.2, 0) is 17.8 Å². The lowest BCUT2D eigenvalue weighted by atomic mass is 10.0. The molecule has 2 heterocycles. The maximum atomic E-state index is 12.3. The Bertz CT molecular complexity index is 766. The van der Waals surface area contributed by atoms with Crippen LogP contribution in [-0.4, -0.2) is 41.5 Å². The van der Waals surface area contributed by atoms with E-state index in [1.165, 1.54) is 10.9 Å². The van der Waals surface area contributed by atoms with Crippen LogP contribution in [0, 0.1) is 5.92 Å². The molecule has 0 aliphatic carbocycles. The van der Waals surface area contributed by atoms with Crippen molar-refractivity contribution >= 4 is 22.8 Å². The first-order valence-corrected chi connectivity index (χ1v) is 8.92. The van der Waals surface area contributed by atoms with E-state index in [2.05, 4.69) is 41.6 Å². The van der Waals surface area contributed by atoms with Crippen molar-refractivity contribution in [2.75, 3.05) is 19.6 Å². The highest BCUT2D eigenvalue weighted by molar-refractivity contribution is 5.85. The van der Waals surface area contributed by atoms with Gasteiger partial charge in [-0.15, -0.1) is 0 Å². The Balaban J connectivity index is 1.50. The molecule has 0 saturated carbocycles. The first-order valence-electron chi connectivity index (χ1n) is 8.92. The van der Waals surface area contributed by atoms with Gasteiger partial charge in [0.2, 0.25) is 5.91 Å². The zero-order valence-electron chi connectivity index (χ0n) is 14.9. The van der Waals surface area contributed by atoms with Gasteiger partial charge in [0, 0.05) is 42.7 Å². The van der Waals surface area contributed by atoms with Gasteiger partial charge >= 0.3 is 6.03 Å². The number of aromatic amines is 1. The van der Waals surface area contributed by atoms with Crippen LogP contribution < -0.4 is 10.6 Å². The molecule has 3 N–H and O–H groups in total. The Morgan fingerprint density at radius 1 is 1.24 bits per heavy atom. The molecular formula is C19H26N4O2. The molecule has 6 nitrogen and oxygen atoms in total. The summed E-state index contributed by atoms with van der Waals surface area (Å²) in [7, 11) is 0. The largest absolute Gasteiger partial charge is 0.357 e. The maximum Gasteiger partial charge on any atom is 0.317 e. The van der Waals surface area contributed by atoms with Crippen molar-refractivity contribution < 1.29 is 9.59 Å². The number of hydrogen-bond acceptors (Lipinski definition) is 2. The van der Waals surface area contributed by atoms with Crippen LogP contribution in [0.2, 0.25) is 0 Å². The molecule has 0 fully saturated rings. The minimum absolute atomic E-state index is 0.0226. The number of nitrogens with one attached hydrogen (secondary N) is 3. The lowest BCUT2D eigenvalue weighted by molar-refractivity contribution is -0.121. The zero-order valence-corrected chi connectivity index (χ0v) is 14.9. The summed E-state index contributed by atoms with van der Waals surface area (Å²) < 4.78 is 0. The van der Waals surface area contributed by atoms with E-state index in [1.54, 1.807) is 4.90 Å². The molecule has 6 heteroatoms. The van der Waals surface area contributed by atoms with Crippen LogP contribution in [0.1, 0.15) is 31.5 Å². The van der Waals surface area contributed by atoms with Gasteiger partial charge in [0.25, 0.3) is 0 Å². The van der Waals surface area contributed by atoms with Crippen molar-refractivity contribution in [2.24, 2.45) is 5.92 Å². The highest BCUT2D eigenvalue weighted by Gasteiger charge is 2.23. The topological polar surface area (TPSA) is 77.2 Å². The predicted octanol–water partition coefficient (Wildman–Crippen LogP) is 2.40. The Labute approximate surface area is 148 Å². The monoisotopic (exact) mass is 342 g/mol. The SMILES string of the molecule is CC(C)CNC(=O)CCNC(=O)N1CCc2c([nH]c3ccccc23)C1. The fourth-order valence-corrected chi connectivity index (χ4v) is 3.17. The van der Waals surface area contributed by atoms with Gasteiger partial charge < -0.3 is 20.5 Å². The number of carbonyl (C=O) groups is 2. The third kappa shape index (κ3) is 4.13. The molecule has 1 aliphatic heterocycles. The summed E-state index contributed by atoms with van der Waals surface area (Å²) in [5, 5.41) is 6.95. The average molecular weight is 342 g/mol. The van der Waals surface area contributed by atoms with Gasteiger partial charge in [0.05, 0.1) is 6.54 Å². The summed E-state index contributed by atoms with van der Waals surface area (Å²) in [6.45, 7) is 6.41. The standard InChI is InChI=1S/C19H26N4O2/c1-13(2)11-21-18(24)7-9-20-19(25)23-10-8-15-14-5-3-4-6-16(14)22-17(15)12-23/h3-6,13,22H,7-12H2,1-2H3,(H,20,25)(H,21,24). The van der Waals surface area contributed by atoms with E-state index in [1.807, 2.05) is 12.1 Å². The smallest absolute Gasteiger partial charge is 0.317 e. The molecule has 0 atom stereocenters. The number of urea groups is 1. The predicted molar refractivity (Wildman–Crippen MR) is 98.3 cm³/mol. The molecule has 1 aromatic heterocycles. The van der Waals surface area contributed by atoms with Crippen LogP contribution in [0.15, 0.2) is 24.3 Å². The van der Waals surface area contributed by atoms with Crippen molar-refractivity contribution in [3.05, 3.63) is 35.5 Å². The number of fused-ring (bicyclic) bond motifs is 3. The van der Waals surface area contributed by atoms with E-state index < -0.39 is 0 Å². The summed E-state index contributed by atoms with van der Waals surface area (Å²) in [5.74, 6) is 0.406. The second-order valence-electron chi connectivity index (χ2n) is 6.98. The number of amides is 3. The van der Waals surface area contributed by atoms with Crippen molar-refractivity contribution in [3.63, 3.8) is 0 Å². The first kappa shape index (κ1) is 17.3. The van der Waals surface area contributed by atoms with Gasteiger partial charge in [-0.2, -0.15) is 0 Å².